The van der Waals surface area contributed by atoms with Crippen molar-refractivity contribution in [2.75, 3.05) is 6.67 Å². The highest BCUT2D eigenvalue weighted by molar-refractivity contribution is 7.80. The predicted octanol–water partition coefficient (Wildman–Crippen LogP) is 10.7. The summed E-state index contributed by atoms with van der Waals surface area (Å²) in [7, 11) is 0. The summed E-state index contributed by atoms with van der Waals surface area (Å²) in [6, 6.07) is 0. The van der Waals surface area contributed by atoms with Gasteiger partial charge in [0.05, 0.1) is 16.6 Å². The molecular formula is C31H62N2S2. The molecule has 0 rings (SSSR count). The van der Waals surface area contributed by atoms with E-state index in [9.17, 15) is 0 Å². The van der Waals surface area contributed by atoms with Gasteiger partial charge in [0, 0.05) is 11.8 Å². The molecule has 2 N–H and O–H groups in total. The molecule has 0 aliphatic heterocycles. The van der Waals surface area contributed by atoms with Crippen molar-refractivity contribution in [3.8, 4) is 0 Å². The standard InChI is InChI=1S/C31H62N2S2/c1-5-7-9-11-13-15-17-19-21-23-25-28(3)30(34)32-27-33-31(35)29(4)26-24-22-20-18-16-14-12-10-8-6-2/h28-29H,5-27H2,1-4H3,(H,32,34)(H,33,35). The second-order valence-electron chi connectivity index (χ2n) is 11.0. The quantitative estimate of drug-likeness (QED) is 0.0664. The minimum absolute atomic E-state index is 0.457. The van der Waals surface area contributed by atoms with Crippen molar-refractivity contribution >= 4 is 34.4 Å². The maximum absolute atomic E-state index is 5.62. The Bertz CT molecular complexity index is 439. The molecule has 0 saturated carbocycles. The minimum atomic E-state index is 0.457. The summed E-state index contributed by atoms with van der Waals surface area (Å²) >= 11 is 11.2. The second kappa shape index (κ2) is 26.8. The van der Waals surface area contributed by atoms with Gasteiger partial charge in [-0.25, -0.2) is 0 Å². The summed E-state index contributed by atoms with van der Waals surface area (Å²) in [5.74, 6) is 0.914. The number of unbranched alkanes of at least 4 members (excludes halogenated alkanes) is 18. The molecule has 0 heterocycles. The van der Waals surface area contributed by atoms with Crippen LogP contribution >= 0.6 is 24.4 Å². The molecule has 0 aliphatic rings. The van der Waals surface area contributed by atoms with Gasteiger partial charge >= 0.3 is 0 Å². The van der Waals surface area contributed by atoms with Crippen LogP contribution in [0.5, 0.6) is 0 Å². The van der Waals surface area contributed by atoms with E-state index in [1.807, 2.05) is 0 Å². The third-order valence-electron chi connectivity index (χ3n) is 7.40. The van der Waals surface area contributed by atoms with Gasteiger partial charge in [-0.3, -0.25) is 0 Å². The Morgan fingerprint density at radius 2 is 0.714 bits per heavy atom. The summed E-state index contributed by atoms with van der Waals surface area (Å²) < 4.78 is 0. The number of hydrogen-bond donors (Lipinski definition) is 2. The molecule has 0 saturated heterocycles. The first kappa shape index (κ1) is 34.8. The van der Waals surface area contributed by atoms with E-state index in [1.54, 1.807) is 0 Å². The predicted molar refractivity (Wildman–Crippen MR) is 168 cm³/mol. The SMILES string of the molecule is CCCCCCCCCCCCC(C)C(=S)NCNC(=S)C(C)CCCCCCCCCCCC. The summed E-state index contributed by atoms with van der Waals surface area (Å²) in [4.78, 5) is 1.97. The molecule has 2 atom stereocenters. The van der Waals surface area contributed by atoms with Gasteiger partial charge in [-0.1, -0.05) is 181 Å². The van der Waals surface area contributed by atoms with Crippen LogP contribution in [0.4, 0.5) is 0 Å². The van der Waals surface area contributed by atoms with Gasteiger partial charge in [-0.05, 0) is 12.8 Å². The monoisotopic (exact) mass is 526 g/mol. The Morgan fingerprint density at radius 3 is 1.00 bits per heavy atom. The zero-order valence-corrected chi connectivity index (χ0v) is 25.9. The van der Waals surface area contributed by atoms with Crippen LogP contribution in [-0.2, 0) is 0 Å². The fourth-order valence-corrected chi connectivity index (χ4v) is 5.09. The van der Waals surface area contributed by atoms with Crippen LogP contribution in [-0.4, -0.2) is 16.6 Å². The first-order valence-corrected chi connectivity index (χ1v) is 16.4. The van der Waals surface area contributed by atoms with Crippen LogP contribution in [0.3, 0.4) is 0 Å². The van der Waals surface area contributed by atoms with Gasteiger partial charge in [0.1, 0.15) is 0 Å². The third kappa shape index (κ3) is 23.9. The van der Waals surface area contributed by atoms with Crippen molar-refractivity contribution in [2.45, 2.75) is 169 Å². The molecule has 0 radical (unpaired) electrons. The Balaban J connectivity index is 3.58. The maximum Gasteiger partial charge on any atom is 0.0858 e. The van der Waals surface area contributed by atoms with Crippen molar-refractivity contribution < 1.29 is 0 Å². The molecule has 208 valence electrons. The first-order valence-electron chi connectivity index (χ1n) is 15.6. The van der Waals surface area contributed by atoms with Crippen LogP contribution < -0.4 is 10.6 Å². The smallest absolute Gasteiger partial charge is 0.0858 e. The molecular weight excluding hydrogens is 464 g/mol. The molecule has 4 heteroatoms. The van der Waals surface area contributed by atoms with Crippen LogP contribution in [0.2, 0.25) is 0 Å². The largest absolute Gasteiger partial charge is 0.362 e. The number of rotatable bonds is 26. The van der Waals surface area contributed by atoms with E-state index >= 15 is 0 Å². The van der Waals surface area contributed by atoms with E-state index in [1.165, 1.54) is 141 Å². The van der Waals surface area contributed by atoms with Crippen LogP contribution in [0.15, 0.2) is 0 Å². The molecule has 35 heavy (non-hydrogen) atoms. The van der Waals surface area contributed by atoms with Crippen molar-refractivity contribution in [3.63, 3.8) is 0 Å². The molecule has 0 aromatic heterocycles. The number of hydrogen-bond acceptors (Lipinski definition) is 2. The van der Waals surface area contributed by atoms with Gasteiger partial charge in [-0.2, -0.15) is 0 Å². The first-order chi connectivity index (χ1) is 17.0. The Labute approximate surface area is 232 Å². The van der Waals surface area contributed by atoms with E-state index in [-0.39, 0.29) is 0 Å². The number of nitrogens with one attached hydrogen (secondary N) is 2. The van der Waals surface area contributed by atoms with Crippen LogP contribution in [0, 0.1) is 11.8 Å². The Kier molecular flexibility index (Phi) is 26.7. The van der Waals surface area contributed by atoms with Crippen LogP contribution in [0.25, 0.3) is 0 Å². The van der Waals surface area contributed by atoms with Crippen molar-refractivity contribution in [3.05, 3.63) is 0 Å². The van der Waals surface area contributed by atoms with Crippen molar-refractivity contribution in [2.24, 2.45) is 11.8 Å². The molecule has 0 bridgehead atoms. The minimum Gasteiger partial charge on any atom is -0.362 e. The molecule has 0 aliphatic carbocycles. The van der Waals surface area contributed by atoms with Gasteiger partial charge in [0.2, 0.25) is 0 Å². The molecule has 0 spiro atoms. The van der Waals surface area contributed by atoms with E-state index in [0.717, 1.165) is 9.98 Å². The molecule has 0 fully saturated rings. The van der Waals surface area contributed by atoms with E-state index in [0.29, 0.717) is 18.5 Å². The van der Waals surface area contributed by atoms with Crippen molar-refractivity contribution in [1.82, 2.24) is 10.6 Å². The Morgan fingerprint density at radius 1 is 0.457 bits per heavy atom. The van der Waals surface area contributed by atoms with Gasteiger partial charge in [0.25, 0.3) is 0 Å². The summed E-state index contributed by atoms with van der Waals surface area (Å²) in [5, 5.41) is 6.79. The average Bonchev–Trinajstić information content (AvgIpc) is 2.85. The molecule has 0 aromatic rings. The lowest BCUT2D eigenvalue weighted by atomic mass is 10.0. The lowest BCUT2D eigenvalue weighted by Crippen LogP contribution is -2.39. The van der Waals surface area contributed by atoms with E-state index in [4.69, 9.17) is 24.4 Å². The summed E-state index contributed by atoms with van der Waals surface area (Å²) in [6.07, 6.45) is 30.2. The second-order valence-corrected chi connectivity index (χ2v) is 11.9. The lowest BCUT2D eigenvalue weighted by Gasteiger charge is -2.18. The third-order valence-corrected chi connectivity index (χ3v) is 8.50. The zero-order valence-electron chi connectivity index (χ0n) is 24.2. The fraction of sp³-hybridized carbons (Fsp3) is 0.935. The molecule has 2 nitrogen and oxygen atoms in total. The summed E-state index contributed by atoms with van der Waals surface area (Å²) in [5.41, 5.74) is 0. The lowest BCUT2D eigenvalue weighted by molar-refractivity contribution is 0.529. The highest BCUT2D eigenvalue weighted by atomic mass is 32.1. The zero-order chi connectivity index (χ0) is 26.0. The Hall–Kier alpha value is -0.220. The number of thiocarbonyl (C=S) groups is 2. The molecule has 2 unspecified atom stereocenters. The van der Waals surface area contributed by atoms with Gasteiger partial charge in [0.15, 0.2) is 0 Å². The molecule has 0 aromatic carbocycles. The maximum atomic E-state index is 5.62. The fourth-order valence-electron chi connectivity index (χ4n) is 4.70. The summed E-state index contributed by atoms with van der Waals surface area (Å²) in [6.45, 7) is 9.76. The molecule has 0 amide bonds. The highest BCUT2D eigenvalue weighted by Gasteiger charge is 2.10. The topological polar surface area (TPSA) is 24.1 Å². The van der Waals surface area contributed by atoms with Gasteiger partial charge < -0.3 is 10.6 Å². The normalized spacial score (nSPS) is 12.9. The highest BCUT2D eigenvalue weighted by Crippen LogP contribution is 2.16. The van der Waals surface area contributed by atoms with E-state index in [2.05, 4.69) is 38.3 Å². The van der Waals surface area contributed by atoms with Crippen LogP contribution in [0.1, 0.15) is 169 Å². The van der Waals surface area contributed by atoms with Gasteiger partial charge in [-0.15, -0.1) is 0 Å². The average molecular weight is 527 g/mol. The van der Waals surface area contributed by atoms with Crippen molar-refractivity contribution in [1.29, 1.82) is 0 Å². The van der Waals surface area contributed by atoms with E-state index < -0.39 is 0 Å².